The lowest BCUT2D eigenvalue weighted by molar-refractivity contribution is 0.0963. The Labute approximate surface area is 221 Å². The molecule has 0 unspecified atom stereocenters. The molecule has 0 spiro atoms. The lowest BCUT2D eigenvalue weighted by Crippen LogP contribution is -2.18. The number of carbonyl (C=O) groups is 1. The second-order valence-corrected chi connectivity index (χ2v) is 9.57. The number of aromatic nitrogens is 2. The van der Waals surface area contributed by atoms with E-state index in [1.807, 2.05) is 37.1 Å². The van der Waals surface area contributed by atoms with Gasteiger partial charge < -0.3 is 21.5 Å². The van der Waals surface area contributed by atoms with Crippen LogP contribution in [0.1, 0.15) is 111 Å². The Kier molecular flexibility index (Phi) is 19.0. The van der Waals surface area contributed by atoms with Gasteiger partial charge in [0.2, 0.25) is 0 Å². The number of nitrogens with zero attached hydrogens (tertiary/aromatic N) is 1. The highest BCUT2D eigenvalue weighted by Crippen LogP contribution is 2.19. The topological polar surface area (TPSA) is 87.9 Å². The molecule has 2 aromatic rings. The highest BCUT2D eigenvalue weighted by atomic mass is 16.1. The molecule has 0 aliphatic heterocycles. The number of aromatic amines is 1. The molecule has 0 saturated carbocycles. The van der Waals surface area contributed by atoms with Crippen LogP contribution in [-0.4, -0.2) is 29.8 Å². The zero-order valence-corrected chi connectivity index (χ0v) is 24.5. The van der Waals surface area contributed by atoms with Crippen molar-refractivity contribution in [2.24, 2.45) is 12.8 Å². The molecule has 6 heteroatoms. The minimum Gasteiger partial charge on any atom is -0.401 e. The highest BCUT2D eigenvalue weighted by molar-refractivity contribution is 5.94. The first-order valence-corrected chi connectivity index (χ1v) is 13.9. The number of aryl methyl sites for hydroxylation is 4. The van der Waals surface area contributed by atoms with E-state index in [1.54, 1.807) is 7.05 Å². The van der Waals surface area contributed by atoms with Gasteiger partial charge in [-0.3, -0.25) is 9.48 Å². The van der Waals surface area contributed by atoms with E-state index in [0.29, 0.717) is 0 Å². The van der Waals surface area contributed by atoms with E-state index in [1.165, 1.54) is 80.2 Å². The number of amides is 1. The van der Waals surface area contributed by atoms with Crippen LogP contribution in [0.15, 0.2) is 30.2 Å². The second kappa shape index (κ2) is 20.6. The van der Waals surface area contributed by atoms with Crippen LogP contribution in [0.25, 0.3) is 0 Å². The highest BCUT2D eigenvalue weighted by Gasteiger charge is 2.09. The van der Waals surface area contributed by atoms with Crippen LogP contribution in [0.3, 0.4) is 0 Å². The van der Waals surface area contributed by atoms with Gasteiger partial charge in [-0.25, -0.2) is 0 Å². The molecular formula is C30H55N5O. The normalized spacial score (nSPS) is 10.7. The molecule has 0 fully saturated rings. The maximum atomic E-state index is 11.5. The molecule has 1 aromatic heterocycles. The van der Waals surface area contributed by atoms with Crippen LogP contribution in [0.4, 0.5) is 0 Å². The number of carbonyl (C=O) groups excluding carboxylic acids is 1. The van der Waals surface area contributed by atoms with E-state index in [4.69, 9.17) is 5.73 Å². The number of H-pyrrole nitrogens is 1. The molecule has 0 atom stereocenters. The molecule has 36 heavy (non-hydrogen) atoms. The summed E-state index contributed by atoms with van der Waals surface area (Å²) in [7, 11) is 5.55. The van der Waals surface area contributed by atoms with Crippen LogP contribution in [-0.2, 0) is 19.9 Å². The third-order valence-electron chi connectivity index (χ3n) is 6.08. The van der Waals surface area contributed by atoms with Gasteiger partial charge in [-0.05, 0) is 81.2 Å². The largest absolute Gasteiger partial charge is 0.401 e. The summed E-state index contributed by atoms with van der Waals surface area (Å²) < 4.78 is 1.99. The fraction of sp³-hybridized carbons (Fsp3) is 0.633. The van der Waals surface area contributed by atoms with Crippen molar-refractivity contribution in [1.82, 2.24) is 20.4 Å². The number of allylic oxidation sites excluding steroid dienone is 1. The fourth-order valence-electron chi connectivity index (χ4n) is 3.99. The maximum absolute atomic E-state index is 11.5. The molecule has 5 N–H and O–H groups in total. The van der Waals surface area contributed by atoms with Gasteiger partial charge in [0.1, 0.15) is 0 Å². The Morgan fingerprint density at radius 1 is 0.944 bits per heavy atom. The Balaban J connectivity index is 0.000000536. The molecule has 1 heterocycles. The standard InChI is InChI=1S/C14H21NO.C8H16N2.C8H18N2/c1-5-6-7-13-10(2)8-12(9-11(13)3)14(16)15-4;1-3-4-5-6-8-7-10(2)9-8;1-3-4-5-6-8(9)7-10-2/h8-9H,5-7H2,1-4H3,(H,15,16);7,9H,3-6H2,1-2H3;7,10H,3-6,9H2,1-2H3/b;;8-7-. The summed E-state index contributed by atoms with van der Waals surface area (Å²) in [4.78, 5) is 11.5. The third-order valence-corrected chi connectivity index (χ3v) is 6.08. The number of unbranched alkanes of at least 4 members (excludes halogenated alkanes) is 5. The summed E-state index contributed by atoms with van der Waals surface area (Å²) >= 11 is 0. The monoisotopic (exact) mass is 501 g/mol. The van der Waals surface area contributed by atoms with Crippen LogP contribution >= 0.6 is 0 Å². The molecule has 0 aliphatic carbocycles. The Morgan fingerprint density at radius 3 is 1.97 bits per heavy atom. The van der Waals surface area contributed by atoms with Gasteiger partial charge in [0.05, 0.1) is 0 Å². The number of hydrogen-bond donors (Lipinski definition) is 4. The number of rotatable bonds is 13. The molecule has 0 radical (unpaired) electrons. The molecule has 0 saturated heterocycles. The smallest absolute Gasteiger partial charge is 0.251 e. The molecular weight excluding hydrogens is 446 g/mol. The molecule has 1 aromatic carbocycles. The van der Waals surface area contributed by atoms with Gasteiger partial charge in [0, 0.05) is 50.5 Å². The SMILES string of the molecule is CCCCC/C(N)=C/NC.CCCCCc1cn(C)[nH]1.CCCCc1c(C)cc(C(=O)NC)cc1C. The van der Waals surface area contributed by atoms with E-state index < -0.39 is 0 Å². The lowest BCUT2D eigenvalue weighted by atomic mass is 9.95. The quantitative estimate of drug-likeness (QED) is 0.231. The van der Waals surface area contributed by atoms with Crippen molar-refractivity contribution in [3.8, 4) is 0 Å². The van der Waals surface area contributed by atoms with Crippen molar-refractivity contribution in [2.75, 3.05) is 14.1 Å². The lowest BCUT2D eigenvalue weighted by Gasteiger charge is -2.11. The summed E-state index contributed by atoms with van der Waals surface area (Å²) in [6, 6.07) is 3.97. The predicted octanol–water partition coefficient (Wildman–Crippen LogP) is 6.68. The summed E-state index contributed by atoms with van der Waals surface area (Å²) in [5.74, 6) is -0.00626. The zero-order chi connectivity index (χ0) is 27.3. The van der Waals surface area contributed by atoms with E-state index in [9.17, 15) is 4.79 Å². The van der Waals surface area contributed by atoms with Gasteiger partial charge in [-0.1, -0.05) is 52.9 Å². The average Bonchev–Trinajstić information content (AvgIpc) is 2.83. The van der Waals surface area contributed by atoms with Gasteiger partial charge in [-0.15, -0.1) is 0 Å². The maximum Gasteiger partial charge on any atom is 0.251 e. The second-order valence-electron chi connectivity index (χ2n) is 9.57. The summed E-state index contributed by atoms with van der Waals surface area (Å²) in [6.07, 6.45) is 17.5. The molecule has 0 bridgehead atoms. The number of nitrogens with two attached hydrogens (primary N) is 1. The summed E-state index contributed by atoms with van der Waals surface area (Å²) in [5.41, 5.74) is 12.6. The minimum atomic E-state index is -0.00626. The van der Waals surface area contributed by atoms with Crippen molar-refractivity contribution in [2.45, 2.75) is 105 Å². The minimum absolute atomic E-state index is 0.00626. The first kappa shape index (κ1) is 33.4. The first-order chi connectivity index (χ1) is 17.2. The van der Waals surface area contributed by atoms with Crippen molar-refractivity contribution < 1.29 is 4.79 Å². The fourth-order valence-corrected chi connectivity index (χ4v) is 3.99. The molecule has 0 aliphatic rings. The van der Waals surface area contributed by atoms with Gasteiger partial charge in [0.15, 0.2) is 0 Å². The molecule has 2 rings (SSSR count). The molecule has 206 valence electrons. The van der Waals surface area contributed by atoms with Crippen molar-refractivity contribution >= 4 is 5.91 Å². The zero-order valence-electron chi connectivity index (χ0n) is 24.5. The van der Waals surface area contributed by atoms with E-state index in [0.717, 1.165) is 24.1 Å². The van der Waals surface area contributed by atoms with Crippen LogP contribution in [0.2, 0.25) is 0 Å². The van der Waals surface area contributed by atoms with Crippen LogP contribution in [0.5, 0.6) is 0 Å². The van der Waals surface area contributed by atoms with Gasteiger partial charge in [0.25, 0.3) is 5.91 Å². The van der Waals surface area contributed by atoms with Crippen molar-refractivity contribution in [3.63, 3.8) is 0 Å². The molecule has 6 nitrogen and oxygen atoms in total. The van der Waals surface area contributed by atoms with E-state index in [-0.39, 0.29) is 5.91 Å². The van der Waals surface area contributed by atoms with Crippen LogP contribution in [0, 0.1) is 13.8 Å². The van der Waals surface area contributed by atoms with Crippen molar-refractivity contribution in [3.05, 3.63) is 58.2 Å². The Bertz CT molecular complexity index is 828. The van der Waals surface area contributed by atoms with Crippen LogP contribution < -0.4 is 16.4 Å². The predicted molar refractivity (Wildman–Crippen MR) is 156 cm³/mol. The van der Waals surface area contributed by atoms with Crippen molar-refractivity contribution in [1.29, 1.82) is 0 Å². The Morgan fingerprint density at radius 2 is 1.50 bits per heavy atom. The summed E-state index contributed by atoms with van der Waals surface area (Å²) in [6.45, 7) is 10.8. The van der Waals surface area contributed by atoms with Gasteiger partial charge >= 0.3 is 0 Å². The Hall–Kier alpha value is -2.63. The summed E-state index contributed by atoms with van der Waals surface area (Å²) in [5, 5.41) is 8.76. The number of benzene rings is 1. The van der Waals surface area contributed by atoms with E-state index in [2.05, 4.69) is 56.5 Å². The number of hydrogen-bond acceptors (Lipinski definition) is 3. The third kappa shape index (κ3) is 14.7. The average molecular weight is 502 g/mol. The molecule has 1 amide bonds. The number of nitrogens with one attached hydrogen (secondary N) is 3. The first-order valence-electron chi connectivity index (χ1n) is 13.9. The van der Waals surface area contributed by atoms with E-state index >= 15 is 0 Å². The van der Waals surface area contributed by atoms with Gasteiger partial charge in [-0.2, -0.15) is 0 Å².